The molecular weight excluding hydrogens is 262 g/mol. The number of pyridine rings is 1. The molecule has 112 valence electrons. The van der Waals surface area contributed by atoms with Gasteiger partial charge in [-0.25, -0.2) is 4.98 Å². The van der Waals surface area contributed by atoms with Crippen molar-refractivity contribution in [3.8, 4) is 0 Å². The second-order valence-corrected chi connectivity index (χ2v) is 5.39. The number of rotatable bonds is 4. The minimum absolute atomic E-state index is 0.789. The number of nitrogens with one attached hydrogen (secondary N) is 1. The molecule has 0 saturated carbocycles. The fourth-order valence-electron chi connectivity index (χ4n) is 2.78. The fraction of sp³-hybridized carbons (Fsp3) is 0.471. The molecule has 2 aromatic rings. The summed E-state index contributed by atoms with van der Waals surface area (Å²) < 4.78 is 5.55. The lowest BCUT2D eigenvalue weighted by molar-refractivity contribution is 0.152. The van der Waals surface area contributed by atoms with Crippen LogP contribution in [0.4, 0.5) is 5.82 Å². The van der Waals surface area contributed by atoms with Gasteiger partial charge >= 0.3 is 0 Å². The molecule has 2 heterocycles. The topological polar surface area (TPSA) is 37.4 Å². The van der Waals surface area contributed by atoms with Gasteiger partial charge in [0, 0.05) is 31.6 Å². The molecule has 1 fully saturated rings. The van der Waals surface area contributed by atoms with Crippen molar-refractivity contribution in [2.75, 3.05) is 37.7 Å². The third-order valence-corrected chi connectivity index (χ3v) is 3.90. The van der Waals surface area contributed by atoms with Crippen molar-refractivity contribution in [3.05, 3.63) is 35.9 Å². The quantitative estimate of drug-likeness (QED) is 0.937. The Morgan fingerprint density at radius 1 is 1.24 bits per heavy atom. The fourth-order valence-corrected chi connectivity index (χ4v) is 2.78. The van der Waals surface area contributed by atoms with Crippen LogP contribution < -0.4 is 10.2 Å². The molecule has 0 amide bonds. The predicted molar refractivity (Wildman–Crippen MR) is 86.8 cm³/mol. The predicted octanol–water partition coefficient (Wildman–Crippen LogP) is 2.57. The Labute approximate surface area is 126 Å². The summed E-state index contributed by atoms with van der Waals surface area (Å²) in [6.07, 6.45) is 1.07. The Balaban J connectivity index is 1.97. The zero-order chi connectivity index (χ0) is 14.5. The van der Waals surface area contributed by atoms with Crippen molar-refractivity contribution in [2.24, 2.45) is 0 Å². The highest BCUT2D eigenvalue weighted by Crippen LogP contribution is 2.23. The average Bonchev–Trinajstić information content (AvgIpc) is 2.81. The van der Waals surface area contributed by atoms with Crippen LogP contribution >= 0.6 is 0 Å². The maximum absolute atomic E-state index is 5.55. The Bertz CT molecular complexity index is 592. The first kappa shape index (κ1) is 14.3. The number of aromatic nitrogens is 1. The second kappa shape index (κ2) is 6.87. The van der Waals surface area contributed by atoms with Crippen LogP contribution in [0.5, 0.6) is 0 Å². The van der Waals surface area contributed by atoms with Gasteiger partial charge in [-0.1, -0.05) is 25.1 Å². The van der Waals surface area contributed by atoms with E-state index in [1.54, 1.807) is 0 Å². The van der Waals surface area contributed by atoms with Gasteiger partial charge in [-0.05, 0) is 30.7 Å². The summed E-state index contributed by atoms with van der Waals surface area (Å²) in [6.45, 7) is 7.58. The minimum atomic E-state index is 0.789. The number of ether oxygens (including phenoxy) is 1. The molecule has 21 heavy (non-hydrogen) atoms. The third kappa shape index (κ3) is 3.34. The van der Waals surface area contributed by atoms with Gasteiger partial charge in [-0.2, -0.15) is 0 Å². The molecule has 4 heteroatoms. The molecule has 1 aliphatic heterocycles. The van der Waals surface area contributed by atoms with Crippen molar-refractivity contribution >= 4 is 16.7 Å². The molecule has 4 nitrogen and oxygen atoms in total. The van der Waals surface area contributed by atoms with Crippen LogP contribution in [0.3, 0.4) is 0 Å². The molecule has 1 N–H and O–H groups in total. The summed E-state index contributed by atoms with van der Waals surface area (Å²) in [5, 5.41) is 4.67. The van der Waals surface area contributed by atoms with Crippen LogP contribution in [0.25, 0.3) is 10.9 Å². The van der Waals surface area contributed by atoms with Gasteiger partial charge in [-0.3, -0.25) is 0 Å². The minimum Gasteiger partial charge on any atom is -0.380 e. The average molecular weight is 285 g/mol. The van der Waals surface area contributed by atoms with Crippen molar-refractivity contribution < 1.29 is 4.74 Å². The first-order valence-electron chi connectivity index (χ1n) is 7.80. The Kier molecular flexibility index (Phi) is 4.68. The van der Waals surface area contributed by atoms with E-state index in [1.807, 2.05) is 0 Å². The van der Waals surface area contributed by atoms with Gasteiger partial charge in [0.2, 0.25) is 0 Å². The van der Waals surface area contributed by atoms with E-state index in [2.05, 4.69) is 47.5 Å². The van der Waals surface area contributed by atoms with Gasteiger partial charge < -0.3 is 15.0 Å². The van der Waals surface area contributed by atoms with E-state index in [0.29, 0.717) is 0 Å². The summed E-state index contributed by atoms with van der Waals surface area (Å²) >= 11 is 0. The number of hydrogen-bond acceptors (Lipinski definition) is 4. The molecule has 1 aromatic heterocycles. The first-order valence-corrected chi connectivity index (χ1v) is 7.80. The van der Waals surface area contributed by atoms with Gasteiger partial charge in [0.15, 0.2) is 0 Å². The van der Waals surface area contributed by atoms with E-state index < -0.39 is 0 Å². The molecule has 3 rings (SSSR count). The Hall–Kier alpha value is -1.65. The monoisotopic (exact) mass is 285 g/mol. The van der Waals surface area contributed by atoms with Crippen molar-refractivity contribution in [1.29, 1.82) is 0 Å². The van der Waals surface area contributed by atoms with Gasteiger partial charge in [-0.15, -0.1) is 0 Å². The number of benzene rings is 1. The standard InChI is InChI=1S/C17H23N3O/c1-2-18-13-14-12-17(20-8-5-10-21-11-9-20)19-16-7-4-3-6-15(14)16/h3-4,6-7,12,18H,2,5,8-11,13H2,1H3. The van der Waals surface area contributed by atoms with Crippen LogP contribution in [0.1, 0.15) is 18.9 Å². The summed E-state index contributed by atoms with van der Waals surface area (Å²) in [6, 6.07) is 10.6. The zero-order valence-electron chi connectivity index (χ0n) is 12.6. The Morgan fingerprint density at radius 2 is 2.14 bits per heavy atom. The maximum Gasteiger partial charge on any atom is 0.129 e. The lowest BCUT2D eigenvalue weighted by Crippen LogP contribution is -2.27. The van der Waals surface area contributed by atoms with Gasteiger partial charge in [0.1, 0.15) is 5.82 Å². The summed E-state index contributed by atoms with van der Waals surface area (Å²) in [5.41, 5.74) is 2.40. The molecule has 1 saturated heterocycles. The summed E-state index contributed by atoms with van der Waals surface area (Å²) in [7, 11) is 0. The summed E-state index contributed by atoms with van der Waals surface area (Å²) in [5.74, 6) is 1.08. The van der Waals surface area contributed by atoms with E-state index in [-0.39, 0.29) is 0 Å². The van der Waals surface area contributed by atoms with E-state index >= 15 is 0 Å². The zero-order valence-corrected chi connectivity index (χ0v) is 12.6. The molecule has 0 unspecified atom stereocenters. The van der Waals surface area contributed by atoms with Crippen molar-refractivity contribution in [1.82, 2.24) is 10.3 Å². The largest absolute Gasteiger partial charge is 0.380 e. The van der Waals surface area contributed by atoms with E-state index in [0.717, 1.165) is 57.1 Å². The highest BCUT2D eigenvalue weighted by molar-refractivity contribution is 5.84. The molecule has 0 aliphatic carbocycles. The number of para-hydroxylation sites is 1. The second-order valence-electron chi connectivity index (χ2n) is 5.39. The molecule has 0 radical (unpaired) electrons. The summed E-state index contributed by atoms with van der Waals surface area (Å²) in [4.78, 5) is 7.19. The highest BCUT2D eigenvalue weighted by atomic mass is 16.5. The van der Waals surface area contributed by atoms with E-state index in [4.69, 9.17) is 9.72 Å². The normalized spacial score (nSPS) is 16.1. The molecule has 1 aliphatic rings. The first-order chi connectivity index (χ1) is 10.4. The van der Waals surface area contributed by atoms with Crippen LogP contribution in [0, 0.1) is 0 Å². The molecular formula is C17H23N3O. The lowest BCUT2D eigenvalue weighted by atomic mass is 10.1. The highest BCUT2D eigenvalue weighted by Gasteiger charge is 2.13. The number of anilines is 1. The van der Waals surface area contributed by atoms with Crippen LogP contribution in [-0.2, 0) is 11.3 Å². The van der Waals surface area contributed by atoms with Gasteiger partial charge in [0.25, 0.3) is 0 Å². The molecule has 0 bridgehead atoms. The SMILES string of the molecule is CCNCc1cc(N2CCCOCC2)nc2ccccc12. The van der Waals surface area contributed by atoms with Crippen molar-refractivity contribution in [2.45, 2.75) is 19.9 Å². The van der Waals surface area contributed by atoms with Crippen LogP contribution in [0.15, 0.2) is 30.3 Å². The molecule has 0 spiro atoms. The Morgan fingerprint density at radius 3 is 3.05 bits per heavy atom. The molecule has 0 atom stereocenters. The maximum atomic E-state index is 5.55. The number of nitrogens with zero attached hydrogens (tertiary/aromatic N) is 2. The van der Waals surface area contributed by atoms with Crippen LogP contribution in [-0.4, -0.2) is 37.8 Å². The molecule has 1 aromatic carbocycles. The third-order valence-electron chi connectivity index (χ3n) is 3.90. The van der Waals surface area contributed by atoms with E-state index in [9.17, 15) is 0 Å². The number of fused-ring (bicyclic) bond motifs is 1. The smallest absolute Gasteiger partial charge is 0.129 e. The van der Waals surface area contributed by atoms with Crippen molar-refractivity contribution in [3.63, 3.8) is 0 Å². The lowest BCUT2D eigenvalue weighted by Gasteiger charge is -2.22. The number of hydrogen-bond donors (Lipinski definition) is 1. The van der Waals surface area contributed by atoms with Crippen LogP contribution in [0.2, 0.25) is 0 Å². The van der Waals surface area contributed by atoms with E-state index in [1.165, 1.54) is 10.9 Å². The van der Waals surface area contributed by atoms with Gasteiger partial charge in [0.05, 0.1) is 12.1 Å².